The second kappa shape index (κ2) is 4.96. The minimum absolute atomic E-state index is 0.319. The molecule has 2 aromatic carbocycles. The number of aromatic hydroxyl groups is 1. The van der Waals surface area contributed by atoms with Gasteiger partial charge in [-0.05, 0) is 43.4 Å². The Hall–Kier alpha value is -1.96. The molecule has 2 heteroatoms. The predicted octanol–water partition coefficient (Wildman–Crippen LogP) is 4.06. The molecule has 19 heavy (non-hydrogen) atoms. The van der Waals surface area contributed by atoms with Gasteiger partial charge in [-0.1, -0.05) is 35.9 Å². The number of benzene rings is 2. The van der Waals surface area contributed by atoms with Crippen molar-refractivity contribution in [2.75, 3.05) is 5.32 Å². The molecule has 0 bridgehead atoms. The fourth-order valence-corrected chi connectivity index (χ4v) is 2.68. The highest BCUT2D eigenvalue weighted by atomic mass is 16.3. The van der Waals surface area contributed by atoms with Gasteiger partial charge in [0.05, 0.1) is 0 Å². The molecule has 0 aliphatic heterocycles. The van der Waals surface area contributed by atoms with Crippen molar-refractivity contribution >= 4 is 5.69 Å². The molecule has 0 unspecified atom stereocenters. The minimum Gasteiger partial charge on any atom is -0.508 e. The monoisotopic (exact) mass is 253 g/mol. The fourth-order valence-electron chi connectivity index (χ4n) is 2.68. The Morgan fingerprint density at radius 2 is 1.79 bits per heavy atom. The minimum atomic E-state index is 0.319. The molecule has 2 nitrogen and oxygen atoms in total. The average molecular weight is 253 g/mol. The van der Waals surface area contributed by atoms with Gasteiger partial charge in [0.2, 0.25) is 0 Å². The Kier molecular flexibility index (Phi) is 3.16. The van der Waals surface area contributed by atoms with Crippen molar-refractivity contribution in [1.29, 1.82) is 0 Å². The fraction of sp³-hybridized carbons (Fsp3) is 0.294. The molecule has 2 aromatic rings. The van der Waals surface area contributed by atoms with Crippen molar-refractivity contribution in [3.63, 3.8) is 0 Å². The van der Waals surface area contributed by atoms with Crippen LogP contribution in [0, 0.1) is 6.92 Å². The van der Waals surface area contributed by atoms with E-state index in [2.05, 4.69) is 36.5 Å². The van der Waals surface area contributed by atoms with Crippen molar-refractivity contribution < 1.29 is 5.11 Å². The summed E-state index contributed by atoms with van der Waals surface area (Å²) < 4.78 is 0. The van der Waals surface area contributed by atoms with E-state index in [1.54, 1.807) is 12.1 Å². The molecule has 1 aliphatic rings. The van der Waals surface area contributed by atoms with Gasteiger partial charge in [-0.15, -0.1) is 0 Å². The van der Waals surface area contributed by atoms with Gasteiger partial charge in [0.15, 0.2) is 0 Å². The molecule has 2 N–H and O–H groups in total. The predicted molar refractivity (Wildman–Crippen MR) is 78.7 cm³/mol. The van der Waals surface area contributed by atoms with Crippen molar-refractivity contribution in [2.45, 2.75) is 31.7 Å². The van der Waals surface area contributed by atoms with Gasteiger partial charge in [-0.2, -0.15) is 0 Å². The van der Waals surface area contributed by atoms with E-state index < -0.39 is 0 Å². The molecule has 98 valence electrons. The van der Waals surface area contributed by atoms with E-state index in [1.165, 1.54) is 24.0 Å². The lowest BCUT2D eigenvalue weighted by molar-refractivity contribution is 0.374. The number of phenols is 1. The van der Waals surface area contributed by atoms with E-state index in [1.807, 2.05) is 12.1 Å². The van der Waals surface area contributed by atoms with Crippen LogP contribution in [0.15, 0.2) is 48.5 Å². The van der Waals surface area contributed by atoms with Crippen LogP contribution in [0.1, 0.15) is 29.9 Å². The second-order valence-corrected chi connectivity index (χ2v) is 5.47. The summed E-state index contributed by atoms with van der Waals surface area (Å²) in [5.74, 6) is 0.995. The van der Waals surface area contributed by atoms with Gasteiger partial charge in [-0.25, -0.2) is 0 Å². The molecule has 0 saturated heterocycles. The number of hydrogen-bond donors (Lipinski definition) is 2. The maximum absolute atomic E-state index is 9.43. The molecule has 0 amide bonds. The van der Waals surface area contributed by atoms with Gasteiger partial charge in [0, 0.05) is 17.8 Å². The van der Waals surface area contributed by atoms with Crippen molar-refractivity contribution in [3.8, 4) is 5.75 Å². The normalized spacial score (nSPS) is 21.7. The standard InChI is InChI=1S/C17H19NO/c1-12-5-7-13(8-6-12)14-9-16(10-14)18-15-3-2-4-17(19)11-15/h2-8,11,14,16,18-19H,9-10H2,1H3. The van der Waals surface area contributed by atoms with E-state index >= 15 is 0 Å². The Morgan fingerprint density at radius 1 is 1.05 bits per heavy atom. The summed E-state index contributed by atoms with van der Waals surface area (Å²) >= 11 is 0. The van der Waals surface area contributed by atoms with Crippen LogP contribution in [-0.2, 0) is 0 Å². The van der Waals surface area contributed by atoms with Gasteiger partial charge in [0.1, 0.15) is 5.75 Å². The molecule has 3 rings (SSSR count). The third-order valence-electron chi connectivity index (χ3n) is 3.90. The number of phenolic OH excluding ortho intramolecular Hbond substituents is 1. The molecular formula is C17H19NO. The lowest BCUT2D eigenvalue weighted by Crippen LogP contribution is -2.33. The Labute approximate surface area is 114 Å². The first-order valence-corrected chi connectivity index (χ1v) is 6.83. The van der Waals surface area contributed by atoms with Crippen LogP contribution in [0.2, 0.25) is 0 Å². The Morgan fingerprint density at radius 3 is 2.47 bits per heavy atom. The zero-order valence-electron chi connectivity index (χ0n) is 11.1. The summed E-state index contributed by atoms with van der Waals surface area (Å²) in [5.41, 5.74) is 3.77. The first-order chi connectivity index (χ1) is 9.20. The quantitative estimate of drug-likeness (QED) is 0.864. The summed E-state index contributed by atoms with van der Waals surface area (Å²) in [6.07, 6.45) is 2.33. The highest BCUT2D eigenvalue weighted by molar-refractivity contribution is 5.49. The van der Waals surface area contributed by atoms with Crippen LogP contribution in [0.4, 0.5) is 5.69 Å². The first kappa shape index (κ1) is 12.1. The van der Waals surface area contributed by atoms with Crippen LogP contribution in [0.5, 0.6) is 5.75 Å². The van der Waals surface area contributed by atoms with Gasteiger partial charge in [0.25, 0.3) is 0 Å². The smallest absolute Gasteiger partial charge is 0.117 e. The number of hydrogen-bond acceptors (Lipinski definition) is 2. The maximum atomic E-state index is 9.43. The van der Waals surface area contributed by atoms with Crippen molar-refractivity contribution in [2.24, 2.45) is 0 Å². The van der Waals surface area contributed by atoms with Gasteiger partial charge >= 0.3 is 0 Å². The third-order valence-corrected chi connectivity index (χ3v) is 3.90. The first-order valence-electron chi connectivity index (χ1n) is 6.83. The van der Waals surface area contributed by atoms with E-state index in [4.69, 9.17) is 0 Å². The molecule has 0 atom stereocenters. The number of aryl methyl sites for hydroxylation is 1. The number of anilines is 1. The summed E-state index contributed by atoms with van der Waals surface area (Å²) in [4.78, 5) is 0. The number of rotatable bonds is 3. The molecule has 1 aliphatic carbocycles. The molecular weight excluding hydrogens is 234 g/mol. The maximum Gasteiger partial charge on any atom is 0.117 e. The van der Waals surface area contributed by atoms with Crippen molar-refractivity contribution in [1.82, 2.24) is 0 Å². The zero-order valence-corrected chi connectivity index (χ0v) is 11.1. The largest absolute Gasteiger partial charge is 0.508 e. The second-order valence-electron chi connectivity index (χ2n) is 5.47. The van der Waals surface area contributed by atoms with E-state index in [0.717, 1.165) is 5.69 Å². The molecule has 0 aromatic heterocycles. The van der Waals surface area contributed by atoms with E-state index in [0.29, 0.717) is 17.7 Å². The summed E-state index contributed by atoms with van der Waals surface area (Å²) in [5, 5.41) is 12.9. The number of nitrogens with one attached hydrogen (secondary N) is 1. The Bertz CT molecular complexity index is 556. The Balaban J connectivity index is 1.57. The van der Waals surface area contributed by atoms with Crippen LogP contribution < -0.4 is 5.32 Å². The topological polar surface area (TPSA) is 32.3 Å². The van der Waals surface area contributed by atoms with Crippen LogP contribution >= 0.6 is 0 Å². The highest BCUT2D eigenvalue weighted by Gasteiger charge is 2.29. The SMILES string of the molecule is Cc1ccc(C2CC(Nc3cccc(O)c3)C2)cc1. The van der Waals surface area contributed by atoms with Crippen LogP contribution in [0.25, 0.3) is 0 Å². The molecule has 0 spiro atoms. The zero-order chi connectivity index (χ0) is 13.2. The summed E-state index contributed by atoms with van der Waals surface area (Å²) in [6.45, 7) is 2.12. The van der Waals surface area contributed by atoms with Crippen LogP contribution in [0.3, 0.4) is 0 Å². The molecule has 1 saturated carbocycles. The average Bonchev–Trinajstić information content (AvgIpc) is 2.35. The van der Waals surface area contributed by atoms with Gasteiger partial charge in [-0.3, -0.25) is 0 Å². The summed E-state index contributed by atoms with van der Waals surface area (Å²) in [6, 6.07) is 16.7. The van der Waals surface area contributed by atoms with Gasteiger partial charge < -0.3 is 10.4 Å². The molecule has 0 radical (unpaired) electrons. The van der Waals surface area contributed by atoms with Crippen molar-refractivity contribution in [3.05, 3.63) is 59.7 Å². The third kappa shape index (κ3) is 2.73. The molecule has 1 fully saturated rings. The lowest BCUT2D eigenvalue weighted by Gasteiger charge is -2.37. The van der Waals surface area contributed by atoms with Crippen LogP contribution in [-0.4, -0.2) is 11.1 Å². The van der Waals surface area contributed by atoms with E-state index in [9.17, 15) is 5.11 Å². The highest BCUT2D eigenvalue weighted by Crippen LogP contribution is 2.38. The van der Waals surface area contributed by atoms with E-state index in [-0.39, 0.29) is 0 Å². The molecule has 0 heterocycles. The lowest BCUT2D eigenvalue weighted by atomic mass is 9.75. The summed E-state index contributed by atoms with van der Waals surface area (Å²) in [7, 11) is 0.